The number of aliphatic hydroxyl groups excluding tert-OH is 1. The second kappa shape index (κ2) is 9.37. The van der Waals surface area contributed by atoms with Crippen molar-refractivity contribution in [3.8, 4) is 0 Å². The van der Waals surface area contributed by atoms with Crippen molar-refractivity contribution >= 4 is 5.91 Å². The first-order valence-corrected chi connectivity index (χ1v) is 7.60. The highest BCUT2D eigenvalue weighted by molar-refractivity contribution is 5.75. The van der Waals surface area contributed by atoms with Gasteiger partial charge in [-0.3, -0.25) is 4.79 Å². The minimum absolute atomic E-state index is 0.206. The van der Waals surface area contributed by atoms with E-state index in [1.54, 1.807) is 0 Å². The second-order valence-corrected chi connectivity index (χ2v) is 5.82. The summed E-state index contributed by atoms with van der Waals surface area (Å²) < 4.78 is 0. The Hall–Kier alpha value is -0.570. The minimum atomic E-state index is 0.206. The van der Waals surface area contributed by atoms with Crippen LogP contribution in [-0.2, 0) is 4.79 Å². The van der Waals surface area contributed by atoms with Gasteiger partial charge in [-0.25, -0.2) is 0 Å². The molecule has 106 valence electrons. The highest BCUT2D eigenvalue weighted by atomic mass is 16.3. The molecule has 2 N–H and O–H groups in total. The fourth-order valence-electron chi connectivity index (χ4n) is 2.67. The Morgan fingerprint density at radius 3 is 2.72 bits per heavy atom. The van der Waals surface area contributed by atoms with Gasteiger partial charge in [0.15, 0.2) is 0 Å². The van der Waals surface area contributed by atoms with Gasteiger partial charge in [-0.05, 0) is 31.1 Å². The third kappa shape index (κ3) is 7.00. The number of carbonyl (C=O) groups is 1. The molecule has 0 heterocycles. The SMILES string of the molecule is CC(CO)CCCNC(=O)CCC1CCCCC1. The van der Waals surface area contributed by atoms with E-state index in [9.17, 15) is 4.79 Å². The molecule has 3 nitrogen and oxygen atoms in total. The summed E-state index contributed by atoms with van der Waals surface area (Å²) in [7, 11) is 0. The number of aliphatic hydroxyl groups is 1. The summed E-state index contributed by atoms with van der Waals surface area (Å²) in [6.07, 6.45) is 10.4. The maximum atomic E-state index is 11.6. The zero-order chi connectivity index (χ0) is 13.2. The van der Waals surface area contributed by atoms with E-state index in [2.05, 4.69) is 5.32 Å². The lowest BCUT2D eigenvalue weighted by Gasteiger charge is -2.21. The number of hydrogen-bond donors (Lipinski definition) is 2. The third-order valence-corrected chi connectivity index (χ3v) is 4.01. The molecular formula is C15H29NO2. The topological polar surface area (TPSA) is 49.3 Å². The largest absolute Gasteiger partial charge is 0.396 e. The van der Waals surface area contributed by atoms with Gasteiger partial charge in [-0.2, -0.15) is 0 Å². The molecule has 0 aliphatic heterocycles. The van der Waals surface area contributed by atoms with Crippen molar-refractivity contribution in [3.05, 3.63) is 0 Å². The van der Waals surface area contributed by atoms with E-state index in [4.69, 9.17) is 5.11 Å². The first-order chi connectivity index (χ1) is 8.72. The molecule has 0 aromatic rings. The molecule has 1 rings (SSSR count). The zero-order valence-electron chi connectivity index (χ0n) is 11.8. The summed E-state index contributed by atoms with van der Waals surface area (Å²) in [5.74, 6) is 1.35. The smallest absolute Gasteiger partial charge is 0.220 e. The molecule has 1 aliphatic carbocycles. The lowest BCUT2D eigenvalue weighted by Crippen LogP contribution is -2.25. The predicted molar refractivity (Wildman–Crippen MR) is 74.3 cm³/mol. The van der Waals surface area contributed by atoms with E-state index >= 15 is 0 Å². The molecule has 0 aromatic heterocycles. The molecule has 1 unspecified atom stereocenters. The Morgan fingerprint density at radius 1 is 1.33 bits per heavy atom. The van der Waals surface area contributed by atoms with Gasteiger partial charge in [0.05, 0.1) is 0 Å². The van der Waals surface area contributed by atoms with Gasteiger partial charge in [0, 0.05) is 19.6 Å². The minimum Gasteiger partial charge on any atom is -0.396 e. The van der Waals surface area contributed by atoms with E-state index in [0.717, 1.165) is 31.7 Å². The number of hydrogen-bond acceptors (Lipinski definition) is 2. The highest BCUT2D eigenvalue weighted by Gasteiger charge is 2.14. The van der Waals surface area contributed by atoms with Gasteiger partial charge < -0.3 is 10.4 Å². The first-order valence-electron chi connectivity index (χ1n) is 7.60. The Morgan fingerprint density at radius 2 is 2.06 bits per heavy atom. The molecule has 1 aliphatic rings. The van der Waals surface area contributed by atoms with Crippen LogP contribution < -0.4 is 5.32 Å². The van der Waals surface area contributed by atoms with E-state index in [-0.39, 0.29) is 12.5 Å². The van der Waals surface area contributed by atoms with Gasteiger partial charge in [0.2, 0.25) is 5.91 Å². The van der Waals surface area contributed by atoms with Crippen molar-refractivity contribution in [2.45, 2.75) is 64.7 Å². The van der Waals surface area contributed by atoms with E-state index in [0.29, 0.717) is 12.3 Å². The average Bonchev–Trinajstić information content (AvgIpc) is 2.42. The van der Waals surface area contributed by atoms with Gasteiger partial charge >= 0.3 is 0 Å². The van der Waals surface area contributed by atoms with Crippen molar-refractivity contribution in [2.24, 2.45) is 11.8 Å². The standard InChI is InChI=1S/C15H29NO2/c1-13(12-17)6-5-11-16-15(18)10-9-14-7-3-2-4-8-14/h13-14,17H,2-12H2,1H3,(H,16,18). The molecule has 3 heteroatoms. The van der Waals surface area contributed by atoms with Crippen molar-refractivity contribution in [2.75, 3.05) is 13.2 Å². The van der Waals surface area contributed by atoms with Gasteiger partial charge in [0.25, 0.3) is 0 Å². The molecule has 0 bridgehead atoms. The lowest BCUT2D eigenvalue weighted by atomic mass is 9.86. The van der Waals surface area contributed by atoms with Crippen LogP contribution in [0.25, 0.3) is 0 Å². The molecule has 18 heavy (non-hydrogen) atoms. The van der Waals surface area contributed by atoms with Crippen molar-refractivity contribution < 1.29 is 9.90 Å². The molecule has 1 saturated carbocycles. The van der Waals surface area contributed by atoms with Gasteiger partial charge in [-0.1, -0.05) is 39.0 Å². The summed E-state index contributed by atoms with van der Waals surface area (Å²) in [5.41, 5.74) is 0. The molecule has 1 atom stereocenters. The van der Waals surface area contributed by atoms with Crippen molar-refractivity contribution in [1.82, 2.24) is 5.32 Å². The summed E-state index contributed by atoms with van der Waals surface area (Å²) in [5, 5.41) is 11.9. The van der Waals surface area contributed by atoms with Crippen LogP contribution in [0.4, 0.5) is 0 Å². The number of rotatable bonds is 8. The summed E-state index contributed by atoms with van der Waals surface area (Å²) in [6, 6.07) is 0. The van der Waals surface area contributed by atoms with Crippen LogP contribution in [0.15, 0.2) is 0 Å². The van der Waals surface area contributed by atoms with Crippen LogP contribution in [0, 0.1) is 11.8 Å². The van der Waals surface area contributed by atoms with Crippen LogP contribution in [0.5, 0.6) is 0 Å². The Balaban J connectivity index is 1.96. The van der Waals surface area contributed by atoms with Crippen LogP contribution >= 0.6 is 0 Å². The van der Waals surface area contributed by atoms with E-state index < -0.39 is 0 Å². The zero-order valence-corrected chi connectivity index (χ0v) is 11.8. The Bertz CT molecular complexity index is 225. The van der Waals surface area contributed by atoms with Gasteiger partial charge in [0.1, 0.15) is 0 Å². The van der Waals surface area contributed by atoms with Crippen LogP contribution in [0.3, 0.4) is 0 Å². The number of amides is 1. The predicted octanol–water partition coefficient (Wildman–Crippen LogP) is 2.87. The third-order valence-electron chi connectivity index (χ3n) is 4.01. The quantitative estimate of drug-likeness (QED) is 0.655. The molecular weight excluding hydrogens is 226 g/mol. The van der Waals surface area contributed by atoms with E-state index in [1.807, 2.05) is 6.92 Å². The van der Waals surface area contributed by atoms with Gasteiger partial charge in [-0.15, -0.1) is 0 Å². The highest BCUT2D eigenvalue weighted by Crippen LogP contribution is 2.27. The fourth-order valence-corrected chi connectivity index (χ4v) is 2.67. The van der Waals surface area contributed by atoms with Crippen LogP contribution in [0.1, 0.15) is 64.7 Å². The number of carbonyl (C=O) groups excluding carboxylic acids is 1. The molecule has 0 aromatic carbocycles. The molecule has 0 spiro atoms. The molecule has 0 saturated heterocycles. The second-order valence-electron chi connectivity index (χ2n) is 5.82. The molecule has 0 radical (unpaired) electrons. The first kappa shape index (κ1) is 15.5. The van der Waals surface area contributed by atoms with Crippen LogP contribution in [0.2, 0.25) is 0 Å². The Labute approximate surface area is 111 Å². The summed E-state index contributed by atoms with van der Waals surface area (Å²) in [4.78, 5) is 11.6. The van der Waals surface area contributed by atoms with Crippen molar-refractivity contribution in [3.63, 3.8) is 0 Å². The maximum absolute atomic E-state index is 11.6. The van der Waals surface area contributed by atoms with Crippen LogP contribution in [-0.4, -0.2) is 24.2 Å². The maximum Gasteiger partial charge on any atom is 0.220 e. The fraction of sp³-hybridized carbons (Fsp3) is 0.933. The van der Waals surface area contributed by atoms with E-state index in [1.165, 1.54) is 32.1 Å². The summed E-state index contributed by atoms with van der Waals surface area (Å²) in [6.45, 7) is 3.04. The number of nitrogens with one attached hydrogen (secondary N) is 1. The van der Waals surface area contributed by atoms with Crippen molar-refractivity contribution in [1.29, 1.82) is 0 Å². The molecule has 1 fully saturated rings. The molecule has 1 amide bonds. The monoisotopic (exact) mass is 255 g/mol. The Kier molecular flexibility index (Phi) is 8.06. The normalized spacial score (nSPS) is 18.6. The summed E-state index contributed by atoms with van der Waals surface area (Å²) >= 11 is 0. The average molecular weight is 255 g/mol. The lowest BCUT2D eigenvalue weighted by molar-refractivity contribution is -0.121.